The van der Waals surface area contributed by atoms with E-state index in [1.165, 1.54) is 315 Å². The van der Waals surface area contributed by atoms with Crippen molar-refractivity contribution < 1.29 is 37.3 Å². The van der Waals surface area contributed by atoms with Gasteiger partial charge in [-0.2, -0.15) is 0 Å². The Morgan fingerprint density at radius 1 is 0.382 bits per heavy atom. The van der Waals surface area contributed by atoms with Crippen molar-refractivity contribution in [3.05, 3.63) is 36.5 Å². The van der Waals surface area contributed by atoms with Gasteiger partial charge < -0.3 is 19.4 Å². The Hall–Kier alpha value is -1.77. The summed E-state index contributed by atoms with van der Waals surface area (Å²) in [6.45, 7) is 7.08. The van der Waals surface area contributed by atoms with Gasteiger partial charge in [0.25, 0.3) is 0 Å². The molecule has 3 atom stereocenters. The molecule has 0 aliphatic carbocycles. The van der Waals surface area contributed by atoms with Crippen molar-refractivity contribution >= 4 is 19.7 Å². The van der Waals surface area contributed by atoms with Crippen LogP contribution in [0.25, 0.3) is 0 Å². The predicted octanol–water partition coefficient (Wildman–Crippen LogP) is 25.4. The molecule has 0 aromatic rings. The zero-order valence-electron chi connectivity index (χ0n) is 60.5. The smallest absolute Gasteiger partial charge is 0.456 e. The zero-order chi connectivity index (χ0) is 64.9. The molecular weight excluding hydrogens is 1120 g/mol. The second-order valence-corrected chi connectivity index (χ2v) is 29.7. The van der Waals surface area contributed by atoms with Crippen molar-refractivity contribution in [3.63, 3.8) is 0 Å². The fourth-order valence-electron chi connectivity index (χ4n) is 12.0. The standard InChI is InChI=1S/C79H153N2O7P/c1-7-10-13-16-19-22-25-28-30-32-34-36-38-39-40-41-43-45-47-49-51-54-57-60-63-66-69-72-79(83)88-77(70-67-64-61-58-55-52-27-24-21-18-15-12-9-3)76(75-87-89(84,85)86-74-73-81(4,5)6)80-78(82)71-68-65-62-59-56-53-50-48-46-44-42-37-35-33-31-29-26-23-20-17-14-11-8-2/h28-31,67,70,76-77H,7-27,32-66,68-69,71-75H2,1-6H3,(H-,80,82,84,85)/p+1/b30-28+,31-29+,70-67+. The zero-order valence-corrected chi connectivity index (χ0v) is 61.4. The fourth-order valence-corrected chi connectivity index (χ4v) is 12.7. The number of esters is 1. The van der Waals surface area contributed by atoms with E-state index in [0.717, 1.165) is 57.8 Å². The maximum absolute atomic E-state index is 13.7. The SMILES string of the molecule is CCCCCCCC/C=C/CCCCCCCCCCCCCCCCCCCC(=O)OC(/C=C/CCCCCCCCCCCCC)C(COP(=O)(O)OCC[N+](C)(C)C)NC(=O)CCCCCCCCCCCCCCC/C=C/CCCCCCCC. The summed E-state index contributed by atoms with van der Waals surface area (Å²) in [7, 11) is 1.52. The van der Waals surface area contributed by atoms with Gasteiger partial charge in [0.1, 0.15) is 19.3 Å². The number of nitrogens with zero attached hydrogens (tertiary/aromatic N) is 1. The van der Waals surface area contributed by atoms with Gasteiger partial charge >= 0.3 is 13.8 Å². The van der Waals surface area contributed by atoms with Crippen LogP contribution < -0.4 is 5.32 Å². The lowest BCUT2D eigenvalue weighted by Gasteiger charge is -2.27. The first-order chi connectivity index (χ1) is 43.4. The molecule has 1 amide bonds. The molecule has 0 saturated heterocycles. The number of phosphoric ester groups is 1. The Morgan fingerprint density at radius 3 is 0.955 bits per heavy atom. The number of unbranched alkanes of at least 4 members (excludes halogenated alkanes) is 53. The molecule has 0 rings (SSSR count). The molecule has 3 unspecified atom stereocenters. The van der Waals surface area contributed by atoms with Crippen LogP contribution in [0, 0.1) is 0 Å². The van der Waals surface area contributed by atoms with Gasteiger partial charge in [0.15, 0.2) is 0 Å². The molecule has 89 heavy (non-hydrogen) atoms. The van der Waals surface area contributed by atoms with Crippen molar-refractivity contribution in [2.45, 2.75) is 418 Å². The lowest BCUT2D eigenvalue weighted by atomic mass is 10.0. The minimum Gasteiger partial charge on any atom is -0.456 e. The third kappa shape index (κ3) is 70.4. The van der Waals surface area contributed by atoms with E-state index in [4.69, 9.17) is 13.8 Å². The average Bonchev–Trinajstić information content (AvgIpc) is 3.63. The van der Waals surface area contributed by atoms with E-state index in [0.29, 0.717) is 23.9 Å². The largest absolute Gasteiger partial charge is 0.472 e. The molecule has 0 aliphatic heterocycles. The number of hydrogen-bond donors (Lipinski definition) is 2. The van der Waals surface area contributed by atoms with E-state index in [1.54, 1.807) is 0 Å². The van der Waals surface area contributed by atoms with Crippen LogP contribution in [-0.4, -0.2) is 74.3 Å². The van der Waals surface area contributed by atoms with Gasteiger partial charge in [-0.25, -0.2) is 4.57 Å². The summed E-state index contributed by atoms with van der Waals surface area (Å²) in [6.07, 6.45) is 87.5. The van der Waals surface area contributed by atoms with Crippen LogP contribution in [0.4, 0.5) is 0 Å². The van der Waals surface area contributed by atoms with Crippen molar-refractivity contribution in [3.8, 4) is 0 Å². The highest BCUT2D eigenvalue weighted by Crippen LogP contribution is 2.43. The van der Waals surface area contributed by atoms with Crippen LogP contribution in [0.5, 0.6) is 0 Å². The topological polar surface area (TPSA) is 111 Å². The monoisotopic (exact) mass is 1270 g/mol. The van der Waals surface area contributed by atoms with Gasteiger partial charge in [-0.05, 0) is 83.1 Å². The number of quaternary nitrogens is 1. The average molecular weight is 1280 g/mol. The summed E-state index contributed by atoms with van der Waals surface area (Å²) in [5, 5.41) is 3.09. The Labute approximate surface area is 555 Å². The third-order valence-corrected chi connectivity index (χ3v) is 19.0. The first-order valence-corrected chi connectivity index (χ1v) is 40.8. The number of allylic oxidation sites excluding steroid dienone is 5. The molecular formula is C79H154N2O7P+. The molecule has 0 aromatic heterocycles. The van der Waals surface area contributed by atoms with E-state index >= 15 is 0 Å². The van der Waals surface area contributed by atoms with E-state index in [-0.39, 0.29) is 25.1 Å². The molecule has 0 aliphatic rings. The fraction of sp³-hybridized carbons (Fsp3) is 0.899. The summed E-state index contributed by atoms with van der Waals surface area (Å²) in [5.41, 5.74) is 0. The molecule has 0 fully saturated rings. The number of carbonyl (C=O) groups excluding carboxylic acids is 2. The number of carbonyl (C=O) groups is 2. The number of ether oxygens (including phenoxy) is 1. The van der Waals surface area contributed by atoms with Crippen LogP contribution in [0.15, 0.2) is 36.5 Å². The number of hydrogen-bond acceptors (Lipinski definition) is 6. The number of likely N-dealkylation sites (N-methyl/N-ethyl adjacent to an activating group) is 1. The maximum Gasteiger partial charge on any atom is 0.472 e. The van der Waals surface area contributed by atoms with Crippen molar-refractivity contribution in [1.82, 2.24) is 5.32 Å². The third-order valence-electron chi connectivity index (χ3n) is 18.1. The molecule has 0 aromatic carbocycles. The van der Waals surface area contributed by atoms with E-state index in [1.807, 2.05) is 27.2 Å². The molecule has 0 bridgehead atoms. The molecule has 2 N–H and O–H groups in total. The van der Waals surface area contributed by atoms with Gasteiger partial charge in [-0.1, -0.05) is 347 Å². The normalized spacial score (nSPS) is 13.6. The summed E-state index contributed by atoms with van der Waals surface area (Å²) in [6, 6.07) is -0.846. The van der Waals surface area contributed by atoms with E-state index in [9.17, 15) is 19.0 Å². The number of phosphoric acid groups is 1. The van der Waals surface area contributed by atoms with Gasteiger partial charge in [0.05, 0.1) is 33.8 Å². The minimum absolute atomic E-state index is 0.0436. The quantitative estimate of drug-likeness (QED) is 0.0205. The second-order valence-electron chi connectivity index (χ2n) is 28.2. The summed E-state index contributed by atoms with van der Waals surface area (Å²) in [4.78, 5) is 38.0. The Morgan fingerprint density at radius 2 is 0.652 bits per heavy atom. The second kappa shape index (κ2) is 69.1. The van der Waals surface area contributed by atoms with Crippen LogP contribution in [0.1, 0.15) is 406 Å². The van der Waals surface area contributed by atoms with Crippen molar-refractivity contribution in [2.24, 2.45) is 0 Å². The van der Waals surface area contributed by atoms with E-state index < -0.39 is 20.0 Å². The molecule has 10 heteroatoms. The van der Waals surface area contributed by atoms with Crippen LogP contribution in [-0.2, 0) is 27.9 Å². The first kappa shape index (κ1) is 87.2. The van der Waals surface area contributed by atoms with Crippen molar-refractivity contribution in [2.75, 3.05) is 40.9 Å². The lowest BCUT2D eigenvalue weighted by Crippen LogP contribution is -2.47. The number of nitrogens with one attached hydrogen (secondary N) is 1. The molecule has 0 spiro atoms. The van der Waals surface area contributed by atoms with Gasteiger partial charge in [-0.15, -0.1) is 0 Å². The number of amides is 1. The molecule has 0 radical (unpaired) electrons. The molecule has 0 heterocycles. The first-order valence-electron chi connectivity index (χ1n) is 39.3. The minimum atomic E-state index is -4.45. The maximum atomic E-state index is 13.7. The predicted molar refractivity (Wildman–Crippen MR) is 388 cm³/mol. The highest BCUT2D eigenvalue weighted by atomic mass is 31.2. The molecule has 0 saturated carbocycles. The van der Waals surface area contributed by atoms with Gasteiger partial charge in [0.2, 0.25) is 5.91 Å². The van der Waals surface area contributed by atoms with E-state index in [2.05, 4.69) is 56.5 Å². The molecule has 9 nitrogen and oxygen atoms in total. The van der Waals surface area contributed by atoms with Gasteiger partial charge in [-0.3, -0.25) is 18.6 Å². The Kier molecular flexibility index (Phi) is 67.7. The van der Waals surface area contributed by atoms with Crippen LogP contribution >= 0.6 is 7.82 Å². The highest BCUT2D eigenvalue weighted by Gasteiger charge is 2.30. The lowest BCUT2D eigenvalue weighted by molar-refractivity contribution is -0.870. The van der Waals surface area contributed by atoms with Gasteiger partial charge in [0, 0.05) is 12.8 Å². The Balaban J connectivity index is 4.95. The summed E-state index contributed by atoms with van der Waals surface area (Å²) >= 11 is 0. The molecule has 526 valence electrons. The van der Waals surface area contributed by atoms with Crippen LogP contribution in [0.3, 0.4) is 0 Å². The van der Waals surface area contributed by atoms with Crippen molar-refractivity contribution in [1.29, 1.82) is 0 Å². The number of rotatable bonds is 73. The van der Waals surface area contributed by atoms with Crippen LogP contribution in [0.2, 0.25) is 0 Å². The summed E-state index contributed by atoms with van der Waals surface area (Å²) < 4.78 is 30.9. The summed E-state index contributed by atoms with van der Waals surface area (Å²) in [5.74, 6) is -0.481. The Bertz CT molecular complexity index is 1610. The highest BCUT2D eigenvalue weighted by molar-refractivity contribution is 7.47.